The Morgan fingerprint density at radius 3 is 2.51 bits per heavy atom. The lowest BCUT2D eigenvalue weighted by Gasteiger charge is -2.37. The maximum Gasteiger partial charge on any atom is 0.312 e. The summed E-state index contributed by atoms with van der Waals surface area (Å²) in [5, 5.41) is 13.9. The van der Waals surface area contributed by atoms with Crippen molar-refractivity contribution in [2.45, 2.75) is 50.5 Å². The Bertz CT molecular complexity index is 1210. The third kappa shape index (κ3) is 3.85. The van der Waals surface area contributed by atoms with Gasteiger partial charge in [-0.1, -0.05) is 48.9 Å². The van der Waals surface area contributed by atoms with Gasteiger partial charge in [-0.05, 0) is 56.0 Å². The van der Waals surface area contributed by atoms with Gasteiger partial charge in [-0.25, -0.2) is 0 Å². The highest BCUT2D eigenvalue weighted by Gasteiger charge is 2.80. The second-order valence-corrected chi connectivity index (χ2v) is 10.7. The average molecular weight is 527 g/mol. The summed E-state index contributed by atoms with van der Waals surface area (Å²) in [6.07, 6.45) is 0.415. The summed E-state index contributed by atoms with van der Waals surface area (Å²) >= 11 is 6.01. The number of hydrogen-bond acceptors (Lipinski definition) is 6. The van der Waals surface area contributed by atoms with Crippen molar-refractivity contribution in [3.63, 3.8) is 0 Å². The number of carbonyl (C=O) groups is 3. The number of ether oxygens (including phenoxy) is 2. The first kappa shape index (κ1) is 25.7. The van der Waals surface area contributed by atoms with Crippen molar-refractivity contribution in [3.05, 3.63) is 65.2 Å². The highest BCUT2D eigenvalue weighted by Crippen LogP contribution is 2.66. The van der Waals surface area contributed by atoms with Gasteiger partial charge in [-0.3, -0.25) is 14.4 Å². The van der Waals surface area contributed by atoms with Gasteiger partial charge in [0.25, 0.3) is 0 Å². The van der Waals surface area contributed by atoms with Gasteiger partial charge < -0.3 is 24.8 Å². The molecule has 3 aliphatic rings. The van der Waals surface area contributed by atoms with Gasteiger partial charge in [0.15, 0.2) is 0 Å². The molecule has 2 amide bonds. The second kappa shape index (κ2) is 9.42. The van der Waals surface area contributed by atoms with Crippen LogP contribution in [0.25, 0.3) is 0 Å². The lowest BCUT2D eigenvalue weighted by molar-refractivity contribution is -0.162. The Kier molecular flexibility index (Phi) is 6.54. The topological polar surface area (TPSA) is 105 Å². The number of esters is 1. The van der Waals surface area contributed by atoms with Crippen LogP contribution in [0.4, 0.5) is 5.69 Å². The van der Waals surface area contributed by atoms with Crippen LogP contribution in [0.2, 0.25) is 5.02 Å². The number of amides is 2. The number of aliphatic hydroxyl groups is 1. The Balaban J connectivity index is 1.63. The first-order valence-electron chi connectivity index (χ1n) is 12.6. The molecule has 7 atom stereocenters. The van der Waals surface area contributed by atoms with Crippen LogP contribution < -0.4 is 5.32 Å². The molecule has 5 rings (SSSR count). The van der Waals surface area contributed by atoms with Crippen molar-refractivity contribution >= 4 is 35.1 Å². The van der Waals surface area contributed by atoms with Gasteiger partial charge in [0.2, 0.25) is 11.8 Å². The highest BCUT2D eigenvalue weighted by atomic mass is 35.5. The molecule has 196 valence electrons. The Morgan fingerprint density at radius 2 is 1.89 bits per heavy atom. The van der Waals surface area contributed by atoms with E-state index in [0.29, 0.717) is 22.7 Å². The lowest BCUT2D eigenvalue weighted by atomic mass is 9.62. The number of rotatable bonds is 7. The number of carbonyl (C=O) groups excluding carboxylic acids is 3. The van der Waals surface area contributed by atoms with E-state index in [1.165, 1.54) is 4.90 Å². The van der Waals surface area contributed by atoms with Crippen LogP contribution >= 0.6 is 11.6 Å². The fraction of sp³-hybridized carbons (Fsp3) is 0.464. The molecule has 3 aliphatic heterocycles. The molecule has 8 nitrogen and oxygen atoms in total. The number of benzene rings is 2. The molecular weight excluding hydrogens is 496 g/mol. The van der Waals surface area contributed by atoms with E-state index in [2.05, 4.69) is 5.32 Å². The monoisotopic (exact) mass is 526 g/mol. The number of hydrogen-bond donors (Lipinski definition) is 2. The third-order valence-corrected chi connectivity index (χ3v) is 8.60. The molecule has 1 spiro atoms. The van der Waals surface area contributed by atoms with Crippen LogP contribution in [0.1, 0.15) is 38.8 Å². The summed E-state index contributed by atoms with van der Waals surface area (Å²) in [7, 11) is 0. The molecular formula is C28H31ClN2O6. The highest BCUT2D eigenvalue weighted by molar-refractivity contribution is 6.30. The van der Waals surface area contributed by atoms with Crippen LogP contribution in [-0.4, -0.2) is 58.2 Å². The number of likely N-dealkylation sites (tertiary alicyclic amines) is 1. The molecule has 2 aromatic carbocycles. The number of fused-ring (bicyclic) bond motifs is 1. The Morgan fingerprint density at radius 1 is 1.22 bits per heavy atom. The van der Waals surface area contributed by atoms with E-state index < -0.39 is 59.5 Å². The minimum Gasteiger partial charge on any atom is -0.466 e. The molecule has 0 aromatic heterocycles. The fourth-order valence-electron chi connectivity index (χ4n) is 6.68. The number of nitrogens with zero attached hydrogens (tertiary/aromatic N) is 1. The van der Waals surface area contributed by atoms with Gasteiger partial charge in [0, 0.05) is 10.7 Å². The fourth-order valence-corrected chi connectivity index (χ4v) is 6.80. The number of anilines is 1. The van der Waals surface area contributed by atoms with E-state index in [9.17, 15) is 19.5 Å². The smallest absolute Gasteiger partial charge is 0.312 e. The van der Waals surface area contributed by atoms with Crippen molar-refractivity contribution in [1.29, 1.82) is 0 Å². The zero-order valence-electron chi connectivity index (χ0n) is 21.0. The number of halogens is 1. The molecule has 3 fully saturated rings. The SMILES string of the molecule is CCOC(=O)[C@H]1[C@H]2C(=O)N([C@H](CO)c3ccccc3)C(C(=O)Nc3ccc(Cl)cc3)C23CC(C)[C@]1(C)O3. The van der Waals surface area contributed by atoms with Gasteiger partial charge in [-0.2, -0.15) is 0 Å². The van der Waals surface area contributed by atoms with Crippen molar-refractivity contribution in [3.8, 4) is 0 Å². The van der Waals surface area contributed by atoms with Gasteiger partial charge in [0.05, 0.1) is 30.8 Å². The second-order valence-electron chi connectivity index (χ2n) is 10.3. The van der Waals surface area contributed by atoms with Crippen LogP contribution in [0.5, 0.6) is 0 Å². The molecule has 0 aliphatic carbocycles. The first-order chi connectivity index (χ1) is 17.7. The minimum absolute atomic E-state index is 0.110. The van der Waals surface area contributed by atoms with Gasteiger partial charge in [-0.15, -0.1) is 0 Å². The molecule has 3 saturated heterocycles. The van der Waals surface area contributed by atoms with Gasteiger partial charge >= 0.3 is 5.97 Å². The first-order valence-corrected chi connectivity index (χ1v) is 13.0. The quantitative estimate of drug-likeness (QED) is 0.534. The molecule has 0 saturated carbocycles. The van der Waals surface area contributed by atoms with Crippen molar-refractivity contribution in [1.82, 2.24) is 4.90 Å². The summed E-state index contributed by atoms with van der Waals surface area (Å²) < 4.78 is 12.1. The molecule has 2 N–H and O–H groups in total. The summed E-state index contributed by atoms with van der Waals surface area (Å²) in [6, 6.07) is 13.9. The normalized spacial score (nSPS) is 32.8. The molecule has 3 unspecified atom stereocenters. The van der Waals surface area contributed by atoms with Crippen LogP contribution in [0.15, 0.2) is 54.6 Å². The lowest BCUT2D eigenvalue weighted by Crippen LogP contribution is -2.54. The molecule has 37 heavy (non-hydrogen) atoms. The summed E-state index contributed by atoms with van der Waals surface area (Å²) in [4.78, 5) is 43.0. The van der Waals surface area contributed by atoms with Crippen molar-refractivity contribution < 1.29 is 29.0 Å². The van der Waals surface area contributed by atoms with Crippen LogP contribution in [0.3, 0.4) is 0 Å². The molecule has 2 bridgehead atoms. The van der Waals surface area contributed by atoms with Crippen LogP contribution in [-0.2, 0) is 23.9 Å². The van der Waals surface area contributed by atoms with E-state index in [0.717, 1.165) is 0 Å². The average Bonchev–Trinajstić information content (AvgIpc) is 3.39. The summed E-state index contributed by atoms with van der Waals surface area (Å²) in [5.41, 5.74) is -1.02. The summed E-state index contributed by atoms with van der Waals surface area (Å²) in [6.45, 7) is 5.29. The maximum atomic E-state index is 14.3. The largest absolute Gasteiger partial charge is 0.466 e. The van der Waals surface area contributed by atoms with E-state index in [1.807, 2.05) is 32.0 Å². The zero-order valence-corrected chi connectivity index (χ0v) is 21.8. The number of nitrogens with one attached hydrogen (secondary N) is 1. The predicted octanol–water partition coefficient (Wildman–Crippen LogP) is 3.59. The number of aliphatic hydroxyl groups excluding tert-OH is 1. The van der Waals surface area contributed by atoms with E-state index in [1.54, 1.807) is 43.3 Å². The van der Waals surface area contributed by atoms with Crippen molar-refractivity contribution in [2.75, 3.05) is 18.5 Å². The van der Waals surface area contributed by atoms with E-state index in [-0.39, 0.29) is 12.5 Å². The standard InChI is InChI=1S/C28H31ClN2O6/c1-4-36-26(35)22-21-25(34)31(20(15-32)17-8-6-5-7-9-17)23(28(21)14-16(2)27(22,3)37-28)24(33)30-19-12-10-18(29)11-13-19/h5-13,16,20-23,32H,4,14-15H2,1-3H3,(H,30,33)/t16?,20-,21+,22-,23?,27+,28?/m1/s1. The molecule has 0 radical (unpaired) electrons. The van der Waals surface area contributed by atoms with E-state index in [4.69, 9.17) is 21.1 Å². The third-order valence-electron chi connectivity index (χ3n) is 8.35. The Labute approximate surface area is 220 Å². The zero-order chi connectivity index (χ0) is 26.5. The molecule has 9 heteroatoms. The predicted molar refractivity (Wildman–Crippen MR) is 137 cm³/mol. The van der Waals surface area contributed by atoms with Gasteiger partial charge in [0.1, 0.15) is 17.6 Å². The molecule has 3 heterocycles. The molecule has 2 aromatic rings. The summed E-state index contributed by atoms with van der Waals surface area (Å²) in [5.74, 6) is -3.24. The van der Waals surface area contributed by atoms with E-state index >= 15 is 0 Å². The van der Waals surface area contributed by atoms with Crippen molar-refractivity contribution in [2.24, 2.45) is 17.8 Å². The van der Waals surface area contributed by atoms with Crippen LogP contribution in [0, 0.1) is 17.8 Å². The minimum atomic E-state index is -1.25. The maximum absolute atomic E-state index is 14.3. The Hall–Kier alpha value is -2.94.